The summed E-state index contributed by atoms with van der Waals surface area (Å²) in [5.74, 6) is -0.422. The third kappa shape index (κ3) is 2.10. The smallest absolute Gasteiger partial charge is 0.249 e. The first-order valence-corrected chi connectivity index (χ1v) is 6.39. The predicted molar refractivity (Wildman–Crippen MR) is 80.2 cm³/mol. The number of carbonyl (C=O) groups is 1. The Balaban J connectivity index is 2.18. The molecule has 3 heteroatoms. The lowest BCUT2D eigenvalue weighted by Crippen LogP contribution is -2.12. The Morgan fingerprint density at radius 2 is 1.55 bits per heavy atom. The lowest BCUT2D eigenvalue weighted by molar-refractivity contribution is 0.100. The Morgan fingerprint density at radius 1 is 0.850 bits per heavy atom. The van der Waals surface area contributed by atoms with Crippen LogP contribution in [0.25, 0.3) is 22.4 Å². The van der Waals surface area contributed by atoms with E-state index >= 15 is 0 Å². The van der Waals surface area contributed by atoms with Gasteiger partial charge < -0.3 is 10.7 Å². The monoisotopic (exact) mass is 262 g/mol. The van der Waals surface area contributed by atoms with E-state index < -0.39 is 5.91 Å². The molecule has 0 bridgehead atoms. The van der Waals surface area contributed by atoms with Gasteiger partial charge in [-0.25, -0.2) is 0 Å². The van der Waals surface area contributed by atoms with Crippen LogP contribution in [-0.4, -0.2) is 10.9 Å². The molecule has 0 saturated heterocycles. The number of carbonyl (C=O) groups excluding carboxylic acids is 1. The maximum absolute atomic E-state index is 11.6. The topological polar surface area (TPSA) is 58.9 Å². The quantitative estimate of drug-likeness (QED) is 0.746. The highest BCUT2D eigenvalue weighted by Crippen LogP contribution is 2.32. The number of nitrogens with one attached hydrogen (secondary N) is 1. The molecule has 0 fully saturated rings. The molecule has 1 aromatic heterocycles. The van der Waals surface area contributed by atoms with Gasteiger partial charge in [0.1, 0.15) is 0 Å². The van der Waals surface area contributed by atoms with E-state index in [2.05, 4.69) is 4.98 Å². The summed E-state index contributed by atoms with van der Waals surface area (Å²) in [6, 6.07) is 19.4. The molecule has 3 rings (SSSR count). The second kappa shape index (κ2) is 5.05. The second-order valence-corrected chi connectivity index (χ2v) is 4.54. The lowest BCUT2D eigenvalue weighted by atomic mass is 9.98. The minimum atomic E-state index is -0.422. The second-order valence-electron chi connectivity index (χ2n) is 4.54. The Labute approximate surface area is 117 Å². The van der Waals surface area contributed by atoms with E-state index in [-0.39, 0.29) is 0 Å². The van der Waals surface area contributed by atoms with E-state index in [4.69, 9.17) is 5.73 Å². The Bertz CT molecular complexity index is 744. The summed E-state index contributed by atoms with van der Waals surface area (Å²) in [6.07, 6.45) is 1.87. The van der Waals surface area contributed by atoms with E-state index in [0.29, 0.717) is 5.56 Å². The molecule has 0 atom stereocenters. The van der Waals surface area contributed by atoms with Crippen molar-refractivity contribution in [3.63, 3.8) is 0 Å². The van der Waals surface area contributed by atoms with Crippen molar-refractivity contribution in [3.8, 4) is 22.4 Å². The average Bonchev–Trinajstić information content (AvgIpc) is 2.97. The number of rotatable bonds is 3. The molecule has 3 N–H and O–H groups in total. The van der Waals surface area contributed by atoms with Crippen LogP contribution in [0, 0.1) is 0 Å². The largest absolute Gasteiger partial charge is 0.366 e. The van der Waals surface area contributed by atoms with Gasteiger partial charge in [-0.05, 0) is 17.7 Å². The molecule has 0 aliphatic carbocycles. The summed E-state index contributed by atoms with van der Waals surface area (Å²) in [5.41, 5.74) is 9.86. The van der Waals surface area contributed by atoms with E-state index in [9.17, 15) is 4.79 Å². The highest BCUT2D eigenvalue weighted by atomic mass is 16.1. The van der Waals surface area contributed by atoms with Crippen molar-refractivity contribution in [1.82, 2.24) is 4.98 Å². The summed E-state index contributed by atoms with van der Waals surface area (Å²) < 4.78 is 0. The van der Waals surface area contributed by atoms with Gasteiger partial charge in [0.05, 0.1) is 5.69 Å². The number of primary amides is 1. The maximum atomic E-state index is 11.6. The zero-order chi connectivity index (χ0) is 13.9. The fourth-order valence-corrected chi connectivity index (χ4v) is 2.37. The van der Waals surface area contributed by atoms with Gasteiger partial charge in [0, 0.05) is 22.9 Å². The molecule has 1 amide bonds. The predicted octanol–water partition coefficient (Wildman–Crippen LogP) is 3.45. The van der Waals surface area contributed by atoms with Crippen molar-refractivity contribution in [1.29, 1.82) is 0 Å². The standard InChI is InChI=1S/C17H14N2O/c18-17(20)15-9-5-4-8-14(15)16-13(10-11-19-16)12-6-2-1-3-7-12/h1-11,19H,(H2,18,20). The van der Waals surface area contributed by atoms with Crippen LogP contribution in [0.5, 0.6) is 0 Å². The minimum absolute atomic E-state index is 0.422. The fraction of sp³-hybridized carbons (Fsp3) is 0. The van der Waals surface area contributed by atoms with Crippen LogP contribution < -0.4 is 5.73 Å². The number of amides is 1. The van der Waals surface area contributed by atoms with Crippen molar-refractivity contribution in [2.75, 3.05) is 0 Å². The van der Waals surface area contributed by atoms with E-state index in [1.165, 1.54) is 0 Å². The normalized spacial score (nSPS) is 10.4. The molecule has 0 spiro atoms. The van der Waals surface area contributed by atoms with Crippen LogP contribution in [0.4, 0.5) is 0 Å². The van der Waals surface area contributed by atoms with Crippen molar-refractivity contribution in [3.05, 3.63) is 72.4 Å². The number of benzene rings is 2. The van der Waals surface area contributed by atoms with Crippen molar-refractivity contribution < 1.29 is 4.79 Å². The molecule has 0 saturated carbocycles. The molecule has 0 radical (unpaired) electrons. The Kier molecular flexibility index (Phi) is 3.09. The molecule has 20 heavy (non-hydrogen) atoms. The first kappa shape index (κ1) is 12.2. The van der Waals surface area contributed by atoms with Crippen LogP contribution in [0.15, 0.2) is 66.9 Å². The average molecular weight is 262 g/mol. The molecular weight excluding hydrogens is 248 g/mol. The molecule has 1 heterocycles. The minimum Gasteiger partial charge on any atom is -0.366 e. The first-order valence-electron chi connectivity index (χ1n) is 6.39. The molecule has 0 unspecified atom stereocenters. The molecule has 3 nitrogen and oxygen atoms in total. The number of aromatic nitrogens is 1. The van der Waals surface area contributed by atoms with Crippen LogP contribution in [0.2, 0.25) is 0 Å². The van der Waals surface area contributed by atoms with Crippen molar-refractivity contribution >= 4 is 5.91 Å². The van der Waals surface area contributed by atoms with Gasteiger partial charge in [0.15, 0.2) is 0 Å². The van der Waals surface area contributed by atoms with Gasteiger partial charge in [0.25, 0.3) is 0 Å². The van der Waals surface area contributed by atoms with Crippen LogP contribution in [-0.2, 0) is 0 Å². The highest BCUT2D eigenvalue weighted by molar-refractivity contribution is 6.01. The zero-order valence-electron chi connectivity index (χ0n) is 10.8. The molecule has 0 aliphatic rings. The van der Waals surface area contributed by atoms with Gasteiger partial charge in [-0.2, -0.15) is 0 Å². The van der Waals surface area contributed by atoms with Gasteiger partial charge >= 0.3 is 0 Å². The Morgan fingerprint density at radius 3 is 2.30 bits per heavy atom. The van der Waals surface area contributed by atoms with Gasteiger partial charge in [0.2, 0.25) is 5.91 Å². The third-order valence-corrected chi connectivity index (χ3v) is 3.29. The maximum Gasteiger partial charge on any atom is 0.249 e. The summed E-state index contributed by atoms with van der Waals surface area (Å²) in [5, 5.41) is 0. The summed E-state index contributed by atoms with van der Waals surface area (Å²) >= 11 is 0. The van der Waals surface area contributed by atoms with Gasteiger partial charge in [-0.3, -0.25) is 4.79 Å². The summed E-state index contributed by atoms with van der Waals surface area (Å²) in [4.78, 5) is 14.8. The number of nitrogens with two attached hydrogens (primary N) is 1. The lowest BCUT2D eigenvalue weighted by Gasteiger charge is -2.08. The number of hydrogen-bond donors (Lipinski definition) is 2. The third-order valence-electron chi connectivity index (χ3n) is 3.29. The van der Waals surface area contributed by atoms with Crippen LogP contribution in [0.1, 0.15) is 10.4 Å². The Hall–Kier alpha value is -2.81. The molecule has 2 aromatic carbocycles. The van der Waals surface area contributed by atoms with Crippen molar-refractivity contribution in [2.24, 2.45) is 5.73 Å². The summed E-state index contributed by atoms with van der Waals surface area (Å²) in [7, 11) is 0. The SMILES string of the molecule is NC(=O)c1ccccc1-c1[nH]ccc1-c1ccccc1. The molecule has 98 valence electrons. The number of H-pyrrole nitrogens is 1. The zero-order valence-corrected chi connectivity index (χ0v) is 10.8. The van der Waals surface area contributed by atoms with E-state index in [0.717, 1.165) is 22.4 Å². The fourth-order valence-electron chi connectivity index (χ4n) is 2.37. The van der Waals surface area contributed by atoms with Gasteiger partial charge in [-0.1, -0.05) is 48.5 Å². The molecule has 0 aliphatic heterocycles. The molecular formula is C17H14N2O. The number of hydrogen-bond acceptors (Lipinski definition) is 1. The first-order chi connectivity index (χ1) is 9.77. The van der Waals surface area contributed by atoms with Crippen LogP contribution >= 0.6 is 0 Å². The van der Waals surface area contributed by atoms with E-state index in [1.54, 1.807) is 6.07 Å². The summed E-state index contributed by atoms with van der Waals surface area (Å²) in [6.45, 7) is 0. The van der Waals surface area contributed by atoms with Crippen LogP contribution in [0.3, 0.4) is 0 Å². The van der Waals surface area contributed by atoms with E-state index in [1.807, 2.05) is 60.8 Å². The van der Waals surface area contributed by atoms with Gasteiger partial charge in [-0.15, -0.1) is 0 Å². The van der Waals surface area contributed by atoms with Crippen molar-refractivity contribution in [2.45, 2.75) is 0 Å². The number of aromatic amines is 1. The molecule has 3 aromatic rings. The highest BCUT2D eigenvalue weighted by Gasteiger charge is 2.14.